The zero-order valence-corrected chi connectivity index (χ0v) is 13.7. The molecule has 0 saturated carbocycles. The minimum atomic E-state index is -0.244. The highest BCUT2D eigenvalue weighted by Gasteiger charge is 2.16. The summed E-state index contributed by atoms with van der Waals surface area (Å²) in [5.74, 6) is 0.814. The molecule has 1 aliphatic rings. The molecule has 1 aromatic rings. The first-order chi connectivity index (χ1) is 11.3. The molecule has 0 unspecified atom stereocenters. The van der Waals surface area contributed by atoms with Gasteiger partial charge >= 0.3 is 0 Å². The third-order valence-corrected chi connectivity index (χ3v) is 3.23. The number of hydrogen-bond acceptors (Lipinski definition) is 3. The van der Waals surface area contributed by atoms with Crippen LogP contribution < -0.4 is 9.73 Å². The Bertz CT molecular complexity index is 579. The van der Waals surface area contributed by atoms with Crippen LogP contribution >= 0.6 is 0 Å². The van der Waals surface area contributed by atoms with Crippen LogP contribution in [0.5, 0.6) is 5.75 Å². The van der Waals surface area contributed by atoms with E-state index in [0.717, 1.165) is 16.9 Å². The molecule has 4 nitrogen and oxygen atoms in total. The first-order valence-electron chi connectivity index (χ1n) is 7.79. The Morgan fingerprint density at radius 1 is 1.22 bits per heavy atom. The van der Waals surface area contributed by atoms with E-state index in [1.807, 2.05) is 56.6 Å². The van der Waals surface area contributed by atoms with Crippen molar-refractivity contribution >= 4 is 12.3 Å². The molecule has 0 atom stereocenters. The maximum absolute atomic E-state index is 5.65. The van der Waals surface area contributed by atoms with E-state index in [4.69, 9.17) is 14.2 Å². The van der Waals surface area contributed by atoms with Crippen LogP contribution in [0, 0.1) is 0 Å². The predicted molar refractivity (Wildman–Crippen MR) is 92.5 cm³/mol. The minimum Gasteiger partial charge on any atom is -0.488 e. The molecule has 4 heteroatoms. The van der Waals surface area contributed by atoms with Gasteiger partial charge in [-0.2, -0.15) is 0 Å². The van der Waals surface area contributed by atoms with Crippen molar-refractivity contribution in [2.24, 2.45) is 0 Å². The van der Waals surface area contributed by atoms with Crippen LogP contribution in [0.2, 0.25) is 0 Å². The average molecular weight is 314 g/mol. The molecule has 0 aliphatic carbocycles. The summed E-state index contributed by atoms with van der Waals surface area (Å²) in [5.41, 5.74) is 2.24. The van der Waals surface area contributed by atoms with E-state index in [9.17, 15) is 0 Å². The normalized spacial score (nSPS) is 17.0. The predicted octanol–water partition coefficient (Wildman–Crippen LogP) is 1.74. The Kier molecular flexibility index (Phi) is 7.30. The molecule has 1 aliphatic heterocycles. The molecule has 0 spiro atoms. The smallest absolute Gasteiger partial charge is 0.191 e. The van der Waals surface area contributed by atoms with E-state index in [1.54, 1.807) is 0 Å². The highest BCUT2D eigenvalue weighted by molar-refractivity contribution is 5.70. The molecule has 0 bridgehead atoms. The van der Waals surface area contributed by atoms with Gasteiger partial charge in [0.1, 0.15) is 19.4 Å². The lowest BCUT2D eigenvalue weighted by Crippen LogP contribution is -2.62. The molecule has 0 aromatic heterocycles. The van der Waals surface area contributed by atoms with Crippen molar-refractivity contribution in [1.29, 1.82) is 0 Å². The maximum atomic E-state index is 5.65. The molecule has 0 amide bonds. The summed E-state index contributed by atoms with van der Waals surface area (Å²) in [6.07, 6.45) is 11.9. The molecule has 1 saturated heterocycles. The lowest BCUT2D eigenvalue weighted by atomic mass is 10.1. The van der Waals surface area contributed by atoms with Gasteiger partial charge in [-0.1, -0.05) is 36.4 Å². The molecule has 23 heavy (non-hydrogen) atoms. The van der Waals surface area contributed by atoms with Crippen LogP contribution in [0.1, 0.15) is 12.5 Å². The van der Waals surface area contributed by atoms with Crippen molar-refractivity contribution in [2.45, 2.75) is 13.2 Å². The van der Waals surface area contributed by atoms with Crippen LogP contribution in [-0.2, 0) is 9.47 Å². The first-order valence-corrected chi connectivity index (χ1v) is 7.79. The molecule has 122 valence electrons. The van der Waals surface area contributed by atoms with E-state index >= 15 is 0 Å². The van der Waals surface area contributed by atoms with Gasteiger partial charge < -0.3 is 14.2 Å². The highest BCUT2D eigenvalue weighted by atomic mass is 16.7. The number of hydrogen-bond donors (Lipinski definition) is 1. The second kappa shape index (κ2) is 9.77. The van der Waals surface area contributed by atoms with Crippen molar-refractivity contribution in [3.05, 3.63) is 59.7 Å². The maximum Gasteiger partial charge on any atom is 0.191 e. The molecule has 1 fully saturated rings. The van der Waals surface area contributed by atoms with Crippen LogP contribution in [0.4, 0.5) is 0 Å². The summed E-state index contributed by atoms with van der Waals surface area (Å²) in [6, 6.07) is 7.95. The Morgan fingerprint density at radius 3 is 2.61 bits per heavy atom. The number of nitrogens with one attached hydrogen (secondary N) is 1. The first kappa shape index (κ1) is 17.2. The fraction of sp³-hybridized carbons (Fsp3) is 0.316. The van der Waals surface area contributed by atoms with Gasteiger partial charge in [0.05, 0.1) is 13.2 Å². The van der Waals surface area contributed by atoms with Crippen LogP contribution in [0.25, 0.3) is 6.08 Å². The van der Waals surface area contributed by atoms with E-state index in [2.05, 4.69) is 23.2 Å². The quantitative estimate of drug-likeness (QED) is 0.616. The van der Waals surface area contributed by atoms with Gasteiger partial charge in [-0.3, -0.25) is 4.99 Å². The Balaban J connectivity index is 1.91. The van der Waals surface area contributed by atoms with Gasteiger partial charge in [-0.05, 0) is 30.2 Å². The van der Waals surface area contributed by atoms with E-state index in [-0.39, 0.29) is 6.29 Å². The van der Waals surface area contributed by atoms with Gasteiger partial charge in [-0.15, -0.1) is 0 Å². The Hall–Kier alpha value is -2.17. The van der Waals surface area contributed by atoms with E-state index in [1.165, 1.54) is 0 Å². The average Bonchev–Trinajstić information content (AvgIpc) is 3.10. The van der Waals surface area contributed by atoms with Crippen molar-refractivity contribution < 1.29 is 19.2 Å². The summed E-state index contributed by atoms with van der Waals surface area (Å²) in [4.78, 5) is 2.99. The van der Waals surface area contributed by atoms with Gasteiger partial charge in [0.15, 0.2) is 12.5 Å². The van der Waals surface area contributed by atoms with Crippen molar-refractivity contribution in [3.8, 4) is 5.75 Å². The zero-order valence-electron chi connectivity index (χ0n) is 13.7. The number of rotatable bonds is 7. The Morgan fingerprint density at radius 2 is 1.96 bits per heavy atom. The second-order valence-corrected chi connectivity index (χ2v) is 5.01. The monoisotopic (exact) mass is 314 g/mol. The summed E-state index contributed by atoms with van der Waals surface area (Å²) in [6.45, 7) is 3.71. The number of ether oxygens (including phenoxy) is 3. The SMILES string of the molecule is C\C=C/C(/C=C/c1ccc(OCC2OCCO2)cc1)=C\C=[NH+]C. The fourth-order valence-electron chi connectivity index (χ4n) is 2.07. The van der Waals surface area contributed by atoms with Crippen molar-refractivity contribution in [3.63, 3.8) is 0 Å². The summed E-state index contributed by atoms with van der Waals surface area (Å²) >= 11 is 0. The van der Waals surface area contributed by atoms with Crippen LogP contribution in [0.15, 0.2) is 54.1 Å². The fourth-order valence-corrected chi connectivity index (χ4v) is 2.07. The van der Waals surface area contributed by atoms with Gasteiger partial charge in [0.25, 0.3) is 0 Å². The third-order valence-electron chi connectivity index (χ3n) is 3.23. The zero-order chi connectivity index (χ0) is 16.3. The summed E-state index contributed by atoms with van der Waals surface area (Å²) < 4.78 is 16.3. The van der Waals surface area contributed by atoms with Crippen molar-refractivity contribution in [2.75, 3.05) is 26.9 Å². The van der Waals surface area contributed by atoms with Crippen LogP contribution in [0.3, 0.4) is 0 Å². The summed E-state index contributed by atoms with van der Waals surface area (Å²) in [5, 5.41) is 0. The molecular formula is C19H24NO3+. The topological polar surface area (TPSA) is 41.7 Å². The summed E-state index contributed by atoms with van der Waals surface area (Å²) in [7, 11) is 1.88. The van der Waals surface area contributed by atoms with Gasteiger partial charge in [-0.25, -0.2) is 0 Å². The van der Waals surface area contributed by atoms with Crippen LogP contribution in [-0.4, -0.2) is 39.4 Å². The molecular weight excluding hydrogens is 290 g/mol. The van der Waals surface area contributed by atoms with Gasteiger partial charge in [0.2, 0.25) is 0 Å². The largest absolute Gasteiger partial charge is 0.488 e. The second-order valence-electron chi connectivity index (χ2n) is 5.01. The number of allylic oxidation sites excluding steroid dienone is 5. The van der Waals surface area contributed by atoms with E-state index < -0.39 is 0 Å². The molecule has 0 radical (unpaired) electrons. The molecule has 2 rings (SSSR count). The lowest BCUT2D eigenvalue weighted by Gasteiger charge is -2.10. The highest BCUT2D eigenvalue weighted by Crippen LogP contribution is 2.15. The molecule has 1 heterocycles. The number of benzene rings is 1. The molecule has 1 aromatic carbocycles. The van der Waals surface area contributed by atoms with Gasteiger partial charge in [0, 0.05) is 6.08 Å². The van der Waals surface area contributed by atoms with E-state index in [0.29, 0.717) is 19.8 Å². The minimum absolute atomic E-state index is 0.244. The molecule has 1 N–H and O–H groups in total. The Labute approximate surface area is 137 Å². The standard InChI is InChI=1S/C19H23NO3/c1-3-4-16(11-12-20-2)5-6-17-7-9-18(10-8-17)23-15-19-21-13-14-22-19/h3-12,19H,13-15H2,1-2H3/p+1/b4-3-,6-5+,16-11+,20-12?. The third kappa shape index (κ3) is 6.22. The van der Waals surface area contributed by atoms with Crippen molar-refractivity contribution in [1.82, 2.24) is 0 Å². The lowest BCUT2D eigenvalue weighted by molar-refractivity contribution is -0.413.